The first-order valence-electron chi connectivity index (χ1n) is 7.26. The standard InChI is InChI=1S/C16H17BrN2O2/c17-13-3-4-14-12(9-13)10-19(7-8-21-14)15(20)16(11-18)5-1-2-6-16/h3-4,9H,1-2,5-8,10H2. The molecular formula is C16H17BrN2O2. The highest BCUT2D eigenvalue weighted by Gasteiger charge is 2.44. The molecule has 2 aliphatic rings. The fourth-order valence-electron chi connectivity index (χ4n) is 3.19. The summed E-state index contributed by atoms with van der Waals surface area (Å²) < 4.78 is 6.68. The number of rotatable bonds is 1. The van der Waals surface area contributed by atoms with Crippen molar-refractivity contribution in [3.8, 4) is 11.8 Å². The summed E-state index contributed by atoms with van der Waals surface area (Å²) in [6.45, 7) is 1.52. The van der Waals surface area contributed by atoms with Crippen LogP contribution in [0.3, 0.4) is 0 Å². The summed E-state index contributed by atoms with van der Waals surface area (Å²) >= 11 is 3.45. The molecule has 1 aliphatic carbocycles. The molecule has 1 saturated carbocycles. The first-order chi connectivity index (χ1) is 10.1. The predicted molar refractivity (Wildman–Crippen MR) is 81.6 cm³/mol. The van der Waals surface area contributed by atoms with E-state index >= 15 is 0 Å². The van der Waals surface area contributed by atoms with Gasteiger partial charge in [0.1, 0.15) is 17.8 Å². The first kappa shape index (κ1) is 14.4. The van der Waals surface area contributed by atoms with Crippen LogP contribution in [0.2, 0.25) is 0 Å². The number of fused-ring (bicyclic) bond motifs is 1. The molecule has 0 unspecified atom stereocenters. The van der Waals surface area contributed by atoms with Crippen molar-refractivity contribution in [2.75, 3.05) is 13.2 Å². The number of carbonyl (C=O) groups excluding carboxylic acids is 1. The molecule has 0 radical (unpaired) electrons. The summed E-state index contributed by atoms with van der Waals surface area (Å²) in [6.07, 6.45) is 3.30. The van der Waals surface area contributed by atoms with Gasteiger partial charge in [0.2, 0.25) is 5.91 Å². The summed E-state index contributed by atoms with van der Waals surface area (Å²) in [7, 11) is 0. The lowest BCUT2D eigenvalue weighted by molar-refractivity contribution is -0.139. The van der Waals surface area contributed by atoms with E-state index in [1.165, 1.54) is 0 Å². The minimum atomic E-state index is -0.809. The Morgan fingerprint density at radius 2 is 2.14 bits per heavy atom. The number of halogens is 1. The highest BCUT2D eigenvalue weighted by Crippen LogP contribution is 2.40. The Bertz CT molecular complexity index is 603. The second kappa shape index (κ2) is 5.69. The van der Waals surface area contributed by atoms with Gasteiger partial charge in [-0.25, -0.2) is 0 Å². The lowest BCUT2D eigenvalue weighted by Crippen LogP contribution is -2.42. The second-order valence-electron chi connectivity index (χ2n) is 5.73. The van der Waals surface area contributed by atoms with Crippen LogP contribution < -0.4 is 4.74 Å². The van der Waals surface area contributed by atoms with E-state index in [0.717, 1.165) is 28.6 Å². The molecule has 1 aliphatic heterocycles. The van der Waals surface area contributed by atoms with Gasteiger partial charge in [-0.3, -0.25) is 4.79 Å². The van der Waals surface area contributed by atoms with Crippen LogP contribution in [-0.2, 0) is 11.3 Å². The van der Waals surface area contributed by atoms with Crippen LogP contribution in [0, 0.1) is 16.7 Å². The number of hydrogen-bond donors (Lipinski definition) is 0. The quantitative estimate of drug-likeness (QED) is 0.782. The van der Waals surface area contributed by atoms with Gasteiger partial charge in [0.25, 0.3) is 0 Å². The molecule has 4 nitrogen and oxygen atoms in total. The number of nitrogens with zero attached hydrogens (tertiary/aromatic N) is 2. The molecule has 1 heterocycles. The average molecular weight is 349 g/mol. The zero-order valence-electron chi connectivity index (χ0n) is 11.8. The van der Waals surface area contributed by atoms with Gasteiger partial charge in [-0.05, 0) is 31.0 Å². The molecule has 0 N–H and O–H groups in total. The number of amides is 1. The zero-order valence-corrected chi connectivity index (χ0v) is 13.4. The highest BCUT2D eigenvalue weighted by molar-refractivity contribution is 9.10. The Labute approximate surface area is 132 Å². The van der Waals surface area contributed by atoms with E-state index in [1.54, 1.807) is 4.90 Å². The molecule has 1 amide bonds. The maximum absolute atomic E-state index is 12.8. The maximum Gasteiger partial charge on any atom is 0.243 e. The van der Waals surface area contributed by atoms with Crippen LogP contribution in [0.25, 0.3) is 0 Å². The van der Waals surface area contributed by atoms with Crippen molar-refractivity contribution in [3.05, 3.63) is 28.2 Å². The Kier molecular flexibility index (Phi) is 3.90. The van der Waals surface area contributed by atoms with Gasteiger partial charge in [-0.1, -0.05) is 28.8 Å². The van der Waals surface area contributed by atoms with Gasteiger partial charge in [0.15, 0.2) is 0 Å². The summed E-state index contributed by atoms with van der Waals surface area (Å²) in [4.78, 5) is 14.6. The van der Waals surface area contributed by atoms with Gasteiger partial charge in [0, 0.05) is 16.6 Å². The van der Waals surface area contributed by atoms with Crippen molar-refractivity contribution in [3.63, 3.8) is 0 Å². The Morgan fingerprint density at radius 1 is 1.38 bits per heavy atom. The van der Waals surface area contributed by atoms with Crippen molar-refractivity contribution < 1.29 is 9.53 Å². The van der Waals surface area contributed by atoms with Gasteiger partial charge < -0.3 is 9.64 Å². The topological polar surface area (TPSA) is 53.3 Å². The summed E-state index contributed by atoms with van der Waals surface area (Å²) in [5.74, 6) is 0.796. The number of hydrogen-bond acceptors (Lipinski definition) is 3. The van der Waals surface area contributed by atoms with E-state index in [9.17, 15) is 10.1 Å². The minimum Gasteiger partial charge on any atom is -0.491 e. The second-order valence-corrected chi connectivity index (χ2v) is 6.64. The molecular weight excluding hydrogens is 332 g/mol. The van der Waals surface area contributed by atoms with Crippen molar-refractivity contribution in [1.82, 2.24) is 4.90 Å². The predicted octanol–water partition coefficient (Wildman–Crippen LogP) is 3.25. The molecule has 0 saturated heterocycles. The average Bonchev–Trinajstić information content (AvgIpc) is 2.88. The SMILES string of the molecule is N#CC1(C(=O)N2CCOc3ccc(Br)cc3C2)CCCC1. The maximum atomic E-state index is 12.8. The third kappa shape index (κ3) is 2.65. The van der Waals surface area contributed by atoms with Crippen molar-refractivity contribution in [2.24, 2.45) is 5.41 Å². The molecule has 21 heavy (non-hydrogen) atoms. The fraction of sp³-hybridized carbons (Fsp3) is 0.500. The third-order valence-corrected chi connectivity index (χ3v) is 4.86. The van der Waals surface area contributed by atoms with Crippen molar-refractivity contribution in [2.45, 2.75) is 32.2 Å². The van der Waals surface area contributed by atoms with Crippen LogP contribution >= 0.6 is 15.9 Å². The van der Waals surface area contributed by atoms with Crippen LogP contribution in [0.5, 0.6) is 5.75 Å². The Hall–Kier alpha value is -1.54. The highest BCUT2D eigenvalue weighted by atomic mass is 79.9. The van der Waals surface area contributed by atoms with Crippen molar-refractivity contribution >= 4 is 21.8 Å². The number of benzene rings is 1. The lowest BCUT2D eigenvalue weighted by atomic mass is 9.86. The zero-order chi connectivity index (χ0) is 14.9. The van der Waals surface area contributed by atoms with E-state index in [0.29, 0.717) is 32.5 Å². The van der Waals surface area contributed by atoms with E-state index in [1.807, 2.05) is 18.2 Å². The van der Waals surface area contributed by atoms with Gasteiger partial charge in [-0.15, -0.1) is 0 Å². The van der Waals surface area contributed by atoms with E-state index in [-0.39, 0.29) is 5.91 Å². The monoisotopic (exact) mass is 348 g/mol. The normalized spacial score (nSPS) is 20.1. The minimum absolute atomic E-state index is 0.0288. The lowest BCUT2D eigenvalue weighted by Gasteiger charge is -2.28. The van der Waals surface area contributed by atoms with E-state index in [2.05, 4.69) is 22.0 Å². The van der Waals surface area contributed by atoms with Gasteiger partial charge in [0.05, 0.1) is 12.6 Å². The summed E-state index contributed by atoms with van der Waals surface area (Å²) in [5, 5.41) is 9.49. The molecule has 110 valence electrons. The van der Waals surface area contributed by atoms with E-state index < -0.39 is 5.41 Å². The van der Waals surface area contributed by atoms with Crippen LogP contribution in [-0.4, -0.2) is 24.0 Å². The van der Waals surface area contributed by atoms with Gasteiger partial charge >= 0.3 is 0 Å². The molecule has 1 aromatic carbocycles. The molecule has 1 fully saturated rings. The smallest absolute Gasteiger partial charge is 0.243 e. The van der Waals surface area contributed by atoms with Crippen molar-refractivity contribution in [1.29, 1.82) is 5.26 Å². The molecule has 1 aromatic rings. The molecule has 0 spiro atoms. The fourth-order valence-corrected chi connectivity index (χ4v) is 3.60. The third-order valence-electron chi connectivity index (χ3n) is 4.37. The molecule has 0 bridgehead atoms. The molecule has 5 heteroatoms. The Morgan fingerprint density at radius 3 is 2.86 bits per heavy atom. The first-order valence-corrected chi connectivity index (χ1v) is 8.06. The number of carbonyl (C=O) groups is 1. The number of ether oxygens (including phenoxy) is 1. The molecule has 0 atom stereocenters. The van der Waals surface area contributed by atoms with Crippen LogP contribution in [0.1, 0.15) is 31.2 Å². The number of nitriles is 1. The Balaban J connectivity index is 1.86. The summed E-state index contributed by atoms with van der Waals surface area (Å²) in [6, 6.07) is 8.12. The molecule has 0 aromatic heterocycles. The summed E-state index contributed by atoms with van der Waals surface area (Å²) in [5.41, 5.74) is 0.178. The van der Waals surface area contributed by atoms with E-state index in [4.69, 9.17) is 4.74 Å². The van der Waals surface area contributed by atoms with Crippen LogP contribution in [0.4, 0.5) is 0 Å². The van der Waals surface area contributed by atoms with Crippen LogP contribution in [0.15, 0.2) is 22.7 Å². The molecule has 3 rings (SSSR count). The largest absolute Gasteiger partial charge is 0.491 e. The van der Waals surface area contributed by atoms with Gasteiger partial charge in [-0.2, -0.15) is 5.26 Å².